The number of nitrogens with zero attached hydrogens (tertiary/aromatic N) is 1. The Morgan fingerprint density at radius 3 is 2.61 bits per heavy atom. The number of amides is 2. The standard InChI is InChI=1S/C15H19Cl2N3O2.ClH/c1-15(8-18)4-5-20(9-15)13(21)7-19-14(22)10-2-3-11(16)12(17)6-10;/h2-3,6H,4-5,7-9,18H2,1H3,(H,19,22);1H. The lowest BCUT2D eigenvalue weighted by atomic mass is 9.90. The minimum Gasteiger partial charge on any atom is -0.343 e. The van der Waals surface area contributed by atoms with Crippen LogP contribution in [-0.4, -0.2) is 42.9 Å². The minimum atomic E-state index is -0.354. The van der Waals surface area contributed by atoms with E-state index in [4.69, 9.17) is 28.9 Å². The molecule has 2 rings (SSSR count). The molecule has 0 aromatic heterocycles. The molecular formula is C15H20Cl3N3O2. The van der Waals surface area contributed by atoms with E-state index in [1.807, 2.05) is 0 Å². The maximum Gasteiger partial charge on any atom is 0.251 e. The van der Waals surface area contributed by atoms with Crippen LogP contribution in [0, 0.1) is 5.41 Å². The van der Waals surface area contributed by atoms with E-state index in [0.717, 1.165) is 6.42 Å². The van der Waals surface area contributed by atoms with E-state index in [1.54, 1.807) is 17.0 Å². The Morgan fingerprint density at radius 2 is 2.04 bits per heavy atom. The van der Waals surface area contributed by atoms with E-state index in [2.05, 4.69) is 12.2 Å². The van der Waals surface area contributed by atoms with Gasteiger partial charge >= 0.3 is 0 Å². The number of hydrogen-bond acceptors (Lipinski definition) is 3. The highest BCUT2D eigenvalue weighted by atomic mass is 35.5. The van der Waals surface area contributed by atoms with Crippen LogP contribution in [0.4, 0.5) is 0 Å². The van der Waals surface area contributed by atoms with Crippen molar-refractivity contribution in [3.63, 3.8) is 0 Å². The predicted octanol–water partition coefficient (Wildman–Crippen LogP) is 2.34. The van der Waals surface area contributed by atoms with Crippen molar-refractivity contribution >= 4 is 47.4 Å². The summed E-state index contributed by atoms with van der Waals surface area (Å²) in [6, 6.07) is 4.59. The van der Waals surface area contributed by atoms with Crippen molar-refractivity contribution in [3.8, 4) is 0 Å². The van der Waals surface area contributed by atoms with Gasteiger partial charge in [-0.3, -0.25) is 9.59 Å². The van der Waals surface area contributed by atoms with E-state index in [0.29, 0.717) is 35.2 Å². The first kappa shape index (κ1) is 20.0. The first-order valence-electron chi connectivity index (χ1n) is 7.06. The summed E-state index contributed by atoms with van der Waals surface area (Å²) in [5, 5.41) is 3.29. The van der Waals surface area contributed by atoms with Crippen LogP contribution in [0.3, 0.4) is 0 Å². The van der Waals surface area contributed by atoms with Crippen LogP contribution in [0.2, 0.25) is 10.0 Å². The van der Waals surface area contributed by atoms with Crippen molar-refractivity contribution in [3.05, 3.63) is 33.8 Å². The largest absolute Gasteiger partial charge is 0.343 e. The third-order valence-electron chi connectivity index (χ3n) is 3.99. The van der Waals surface area contributed by atoms with Crippen molar-refractivity contribution in [2.75, 3.05) is 26.2 Å². The second-order valence-corrected chi connectivity index (χ2v) is 6.71. The summed E-state index contributed by atoms with van der Waals surface area (Å²) in [7, 11) is 0. The topological polar surface area (TPSA) is 75.4 Å². The zero-order chi connectivity index (χ0) is 16.3. The Hall–Kier alpha value is -1.01. The molecule has 23 heavy (non-hydrogen) atoms. The van der Waals surface area contributed by atoms with Crippen LogP contribution in [0.5, 0.6) is 0 Å². The average molecular weight is 381 g/mol. The molecule has 1 aromatic rings. The molecule has 1 atom stereocenters. The number of halogens is 3. The van der Waals surface area contributed by atoms with Gasteiger partial charge < -0.3 is 16.0 Å². The fraction of sp³-hybridized carbons (Fsp3) is 0.467. The lowest BCUT2D eigenvalue weighted by molar-refractivity contribution is -0.129. The van der Waals surface area contributed by atoms with Crippen LogP contribution >= 0.6 is 35.6 Å². The van der Waals surface area contributed by atoms with Gasteiger partial charge in [0.25, 0.3) is 5.91 Å². The number of hydrogen-bond donors (Lipinski definition) is 2. The van der Waals surface area contributed by atoms with Gasteiger partial charge in [0.1, 0.15) is 0 Å². The molecule has 0 bridgehead atoms. The number of benzene rings is 1. The number of likely N-dealkylation sites (tertiary alicyclic amines) is 1. The Kier molecular flexibility index (Phi) is 7.14. The molecular weight excluding hydrogens is 361 g/mol. The summed E-state index contributed by atoms with van der Waals surface area (Å²) in [5.41, 5.74) is 6.07. The third-order valence-corrected chi connectivity index (χ3v) is 4.72. The maximum absolute atomic E-state index is 12.1. The summed E-state index contributed by atoms with van der Waals surface area (Å²) in [5.74, 6) is -0.460. The summed E-state index contributed by atoms with van der Waals surface area (Å²) >= 11 is 11.7. The number of nitrogens with one attached hydrogen (secondary N) is 1. The molecule has 0 saturated carbocycles. The molecule has 0 radical (unpaired) electrons. The normalized spacial score (nSPS) is 20.1. The lowest BCUT2D eigenvalue weighted by Crippen LogP contribution is -2.40. The van der Waals surface area contributed by atoms with Crippen LogP contribution in [0.1, 0.15) is 23.7 Å². The van der Waals surface area contributed by atoms with Gasteiger partial charge in [0.05, 0.1) is 16.6 Å². The number of nitrogens with two attached hydrogens (primary N) is 1. The highest BCUT2D eigenvalue weighted by molar-refractivity contribution is 6.42. The van der Waals surface area contributed by atoms with Gasteiger partial charge in [-0.1, -0.05) is 30.1 Å². The highest BCUT2D eigenvalue weighted by Gasteiger charge is 2.34. The molecule has 8 heteroatoms. The van der Waals surface area contributed by atoms with Gasteiger partial charge in [-0.05, 0) is 36.6 Å². The molecule has 0 spiro atoms. The van der Waals surface area contributed by atoms with Gasteiger partial charge in [0.2, 0.25) is 5.91 Å². The van der Waals surface area contributed by atoms with Crippen molar-refractivity contribution < 1.29 is 9.59 Å². The zero-order valence-electron chi connectivity index (χ0n) is 12.8. The lowest BCUT2D eigenvalue weighted by Gasteiger charge is -2.22. The smallest absolute Gasteiger partial charge is 0.251 e. The monoisotopic (exact) mass is 379 g/mol. The Bertz CT molecular complexity index is 597. The average Bonchev–Trinajstić information content (AvgIpc) is 2.90. The summed E-state index contributed by atoms with van der Waals surface area (Å²) in [6.45, 7) is 3.88. The van der Waals surface area contributed by atoms with Gasteiger partial charge in [0, 0.05) is 18.7 Å². The molecule has 1 unspecified atom stereocenters. The molecule has 3 N–H and O–H groups in total. The van der Waals surface area contributed by atoms with Crippen molar-refractivity contribution in [2.45, 2.75) is 13.3 Å². The third kappa shape index (κ3) is 4.98. The highest BCUT2D eigenvalue weighted by Crippen LogP contribution is 2.28. The van der Waals surface area contributed by atoms with Gasteiger partial charge in [-0.2, -0.15) is 0 Å². The van der Waals surface area contributed by atoms with Crippen LogP contribution in [0.25, 0.3) is 0 Å². The van der Waals surface area contributed by atoms with E-state index in [1.165, 1.54) is 6.07 Å². The molecule has 1 fully saturated rings. The molecule has 1 aromatic carbocycles. The molecule has 1 saturated heterocycles. The maximum atomic E-state index is 12.1. The first-order chi connectivity index (χ1) is 10.3. The van der Waals surface area contributed by atoms with Crippen molar-refractivity contribution in [2.24, 2.45) is 11.1 Å². The summed E-state index contributed by atoms with van der Waals surface area (Å²) in [6.07, 6.45) is 0.885. The van der Waals surface area contributed by atoms with E-state index in [-0.39, 0.29) is 36.2 Å². The number of carbonyl (C=O) groups excluding carboxylic acids is 2. The zero-order valence-corrected chi connectivity index (χ0v) is 15.1. The molecule has 1 aliphatic heterocycles. The Labute approximate surface area is 151 Å². The molecule has 0 aliphatic carbocycles. The summed E-state index contributed by atoms with van der Waals surface area (Å²) in [4.78, 5) is 25.9. The van der Waals surface area contributed by atoms with Crippen molar-refractivity contribution in [1.29, 1.82) is 0 Å². The van der Waals surface area contributed by atoms with Crippen molar-refractivity contribution in [1.82, 2.24) is 10.2 Å². The van der Waals surface area contributed by atoms with E-state index in [9.17, 15) is 9.59 Å². The predicted molar refractivity (Wildman–Crippen MR) is 94.4 cm³/mol. The second-order valence-electron chi connectivity index (χ2n) is 5.89. The fourth-order valence-corrected chi connectivity index (χ4v) is 2.71. The molecule has 1 heterocycles. The molecule has 128 valence electrons. The van der Waals surface area contributed by atoms with Crippen LogP contribution < -0.4 is 11.1 Å². The Balaban J connectivity index is 0.00000264. The van der Waals surface area contributed by atoms with Crippen LogP contribution in [0.15, 0.2) is 18.2 Å². The molecule has 2 amide bonds. The Morgan fingerprint density at radius 1 is 1.35 bits per heavy atom. The second kappa shape index (κ2) is 8.20. The van der Waals surface area contributed by atoms with Gasteiger partial charge in [-0.25, -0.2) is 0 Å². The fourth-order valence-electron chi connectivity index (χ4n) is 2.41. The number of rotatable bonds is 4. The number of carbonyl (C=O) groups is 2. The molecule has 5 nitrogen and oxygen atoms in total. The summed E-state index contributed by atoms with van der Waals surface area (Å²) < 4.78 is 0. The van der Waals surface area contributed by atoms with E-state index >= 15 is 0 Å². The molecule has 1 aliphatic rings. The van der Waals surface area contributed by atoms with Gasteiger partial charge in [-0.15, -0.1) is 12.4 Å². The quantitative estimate of drug-likeness (QED) is 0.842. The van der Waals surface area contributed by atoms with Crippen LogP contribution in [-0.2, 0) is 4.79 Å². The van der Waals surface area contributed by atoms with Gasteiger partial charge in [0.15, 0.2) is 0 Å². The first-order valence-corrected chi connectivity index (χ1v) is 7.81. The SMILES string of the molecule is CC1(CN)CCN(C(=O)CNC(=O)c2ccc(Cl)c(Cl)c2)C1.Cl. The minimum absolute atomic E-state index is 0. The van der Waals surface area contributed by atoms with E-state index < -0.39 is 0 Å².